The molecule has 0 spiro atoms. The number of aliphatic carboxylic acids is 1. The third kappa shape index (κ3) is 7.91. The van der Waals surface area contributed by atoms with Crippen LogP contribution in [-0.4, -0.2) is 22.6 Å². The number of anilines is 1. The Hall–Kier alpha value is -2.48. The number of amides is 2. The molecule has 0 saturated carbocycles. The molecule has 0 aromatic heterocycles. The van der Waals surface area contributed by atoms with E-state index < -0.39 is 11.4 Å². The minimum absolute atomic E-state index is 0.00733. The van der Waals surface area contributed by atoms with Crippen molar-refractivity contribution in [2.24, 2.45) is 5.41 Å². The SMILES string of the molecule is CC(C)(C#Cc1ccc(NC(=O)NC(C)(C)C)cc1)CC(=O)O. The van der Waals surface area contributed by atoms with E-state index in [1.807, 2.05) is 20.8 Å². The summed E-state index contributed by atoms with van der Waals surface area (Å²) in [6, 6.07) is 6.83. The van der Waals surface area contributed by atoms with Crippen LogP contribution >= 0.6 is 0 Å². The van der Waals surface area contributed by atoms with Crippen molar-refractivity contribution in [3.63, 3.8) is 0 Å². The van der Waals surface area contributed by atoms with Crippen molar-refractivity contribution in [3.8, 4) is 11.8 Å². The molecule has 0 atom stereocenters. The summed E-state index contributed by atoms with van der Waals surface area (Å²) in [6.07, 6.45) is -0.00733. The lowest BCUT2D eigenvalue weighted by atomic mass is 9.90. The van der Waals surface area contributed by atoms with Crippen LogP contribution in [0.4, 0.5) is 10.5 Å². The molecular formula is C18H24N2O3. The molecule has 1 aromatic rings. The van der Waals surface area contributed by atoms with Crippen molar-refractivity contribution in [2.45, 2.75) is 46.6 Å². The molecule has 23 heavy (non-hydrogen) atoms. The van der Waals surface area contributed by atoms with Crippen LogP contribution in [0.1, 0.15) is 46.6 Å². The van der Waals surface area contributed by atoms with E-state index >= 15 is 0 Å². The van der Waals surface area contributed by atoms with Crippen molar-refractivity contribution in [1.82, 2.24) is 5.32 Å². The van der Waals surface area contributed by atoms with E-state index in [2.05, 4.69) is 22.5 Å². The Balaban J connectivity index is 2.71. The Morgan fingerprint density at radius 1 is 1.09 bits per heavy atom. The van der Waals surface area contributed by atoms with E-state index in [1.165, 1.54) is 0 Å². The van der Waals surface area contributed by atoms with Gasteiger partial charge in [-0.1, -0.05) is 11.8 Å². The second kappa shape index (κ2) is 7.19. The highest BCUT2D eigenvalue weighted by molar-refractivity contribution is 5.89. The summed E-state index contributed by atoms with van der Waals surface area (Å²) in [4.78, 5) is 22.5. The molecule has 3 N–H and O–H groups in total. The number of hydrogen-bond donors (Lipinski definition) is 3. The fourth-order valence-corrected chi connectivity index (χ4v) is 1.80. The molecule has 2 amide bonds. The van der Waals surface area contributed by atoms with Crippen LogP contribution in [0.15, 0.2) is 24.3 Å². The van der Waals surface area contributed by atoms with E-state index in [1.54, 1.807) is 38.1 Å². The lowest BCUT2D eigenvalue weighted by molar-refractivity contribution is -0.138. The zero-order chi connectivity index (χ0) is 17.7. The number of carbonyl (C=O) groups excluding carboxylic acids is 1. The maximum absolute atomic E-state index is 11.8. The molecule has 0 fully saturated rings. The highest BCUT2D eigenvalue weighted by atomic mass is 16.4. The van der Waals surface area contributed by atoms with Gasteiger partial charge in [-0.3, -0.25) is 4.79 Å². The van der Waals surface area contributed by atoms with Gasteiger partial charge in [-0.2, -0.15) is 0 Å². The predicted molar refractivity (Wildman–Crippen MR) is 91.3 cm³/mol. The first-order valence-electron chi connectivity index (χ1n) is 7.41. The van der Waals surface area contributed by atoms with Gasteiger partial charge >= 0.3 is 12.0 Å². The zero-order valence-electron chi connectivity index (χ0n) is 14.3. The molecule has 0 heterocycles. The lowest BCUT2D eigenvalue weighted by Crippen LogP contribution is -2.43. The molecule has 1 rings (SSSR count). The number of carbonyl (C=O) groups is 2. The minimum atomic E-state index is -0.867. The first-order valence-corrected chi connectivity index (χ1v) is 7.41. The fourth-order valence-electron chi connectivity index (χ4n) is 1.80. The Kier molecular flexibility index (Phi) is 5.80. The van der Waals surface area contributed by atoms with Gasteiger partial charge in [0.1, 0.15) is 0 Å². The summed E-state index contributed by atoms with van der Waals surface area (Å²) in [5, 5.41) is 14.4. The van der Waals surface area contributed by atoms with Gasteiger partial charge in [0.2, 0.25) is 0 Å². The van der Waals surface area contributed by atoms with Gasteiger partial charge in [-0.05, 0) is 58.9 Å². The van der Waals surface area contributed by atoms with Crippen LogP contribution in [0, 0.1) is 17.3 Å². The van der Waals surface area contributed by atoms with Gasteiger partial charge in [-0.25, -0.2) is 4.79 Å². The summed E-state index contributed by atoms with van der Waals surface area (Å²) in [6.45, 7) is 9.31. The monoisotopic (exact) mass is 316 g/mol. The fraction of sp³-hybridized carbons (Fsp3) is 0.444. The van der Waals surface area contributed by atoms with Gasteiger partial charge in [-0.15, -0.1) is 0 Å². The van der Waals surface area contributed by atoms with Crippen LogP contribution in [0.25, 0.3) is 0 Å². The van der Waals surface area contributed by atoms with E-state index in [0.29, 0.717) is 5.69 Å². The van der Waals surface area contributed by atoms with Crippen LogP contribution in [0.2, 0.25) is 0 Å². The van der Waals surface area contributed by atoms with Gasteiger partial charge in [0.25, 0.3) is 0 Å². The van der Waals surface area contributed by atoms with Gasteiger partial charge in [0.05, 0.1) is 6.42 Å². The third-order valence-electron chi connectivity index (χ3n) is 2.77. The molecule has 0 aliphatic carbocycles. The quantitative estimate of drug-likeness (QED) is 0.747. The molecular weight excluding hydrogens is 292 g/mol. The first-order chi connectivity index (χ1) is 10.5. The number of urea groups is 1. The number of carboxylic acids is 1. The first kappa shape index (κ1) is 18.6. The van der Waals surface area contributed by atoms with Gasteiger partial charge in [0, 0.05) is 22.2 Å². The smallest absolute Gasteiger partial charge is 0.319 e. The molecule has 5 nitrogen and oxygen atoms in total. The summed E-state index contributed by atoms with van der Waals surface area (Å²) in [5.74, 6) is 5.07. The van der Waals surface area contributed by atoms with Crippen LogP contribution in [0.5, 0.6) is 0 Å². The average molecular weight is 316 g/mol. The van der Waals surface area contributed by atoms with E-state index in [4.69, 9.17) is 5.11 Å². The van der Waals surface area contributed by atoms with Crippen molar-refractivity contribution in [3.05, 3.63) is 29.8 Å². The second-order valence-corrected chi connectivity index (χ2v) is 7.11. The van der Waals surface area contributed by atoms with Gasteiger partial charge in [0.15, 0.2) is 0 Å². The average Bonchev–Trinajstić information content (AvgIpc) is 2.34. The molecule has 0 radical (unpaired) electrons. The number of nitrogens with one attached hydrogen (secondary N) is 2. The third-order valence-corrected chi connectivity index (χ3v) is 2.77. The summed E-state index contributed by atoms with van der Waals surface area (Å²) < 4.78 is 0. The number of hydrogen-bond acceptors (Lipinski definition) is 2. The summed E-state index contributed by atoms with van der Waals surface area (Å²) in [7, 11) is 0. The van der Waals surface area contributed by atoms with Crippen LogP contribution < -0.4 is 10.6 Å². The molecule has 0 saturated heterocycles. The maximum atomic E-state index is 11.8. The standard InChI is InChI=1S/C18H24N2O3/c1-17(2,3)20-16(23)19-14-8-6-13(7-9-14)10-11-18(4,5)12-15(21)22/h6-9H,12H2,1-5H3,(H,21,22)(H2,19,20,23). The Labute approximate surface area is 137 Å². The zero-order valence-corrected chi connectivity index (χ0v) is 14.3. The highest BCUT2D eigenvalue weighted by Crippen LogP contribution is 2.19. The molecule has 124 valence electrons. The van der Waals surface area contributed by atoms with E-state index in [0.717, 1.165) is 5.56 Å². The summed E-state index contributed by atoms with van der Waals surface area (Å²) >= 11 is 0. The lowest BCUT2D eigenvalue weighted by Gasteiger charge is -2.20. The van der Waals surface area contributed by atoms with Crippen LogP contribution in [0.3, 0.4) is 0 Å². The molecule has 0 aliphatic rings. The largest absolute Gasteiger partial charge is 0.481 e. The maximum Gasteiger partial charge on any atom is 0.319 e. The van der Waals surface area contributed by atoms with Gasteiger partial charge < -0.3 is 15.7 Å². The van der Waals surface area contributed by atoms with Crippen molar-refractivity contribution >= 4 is 17.7 Å². The molecule has 1 aromatic carbocycles. The molecule has 5 heteroatoms. The Morgan fingerprint density at radius 3 is 2.13 bits per heavy atom. The second-order valence-electron chi connectivity index (χ2n) is 7.11. The normalized spacial score (nSPS) is 11.2. The molecule has 0 bridgehead atoms. The Bertz CT molecular complexity index is 629. The predicted octanol–water partition coefficient (Wildman–Crippen LogP) is 3.46. The number of rotatable bonds is 3. The van der Waals surface area contributed by atoms with Crippen LogP contribution in [-0.2, 0) is 4.79 Å². The Morgan fingerprint density at radius 2 is 1.65 bits per heavy atom. The number of carboxylic acid groups (broad SMARTS) is 1. The topological polar surface area (TPSA) is 78.4 Å². The van der Waals surface area contributed by atoms with Crippen molar-refractivity contribution < 1.29 is 14.7 Å². The van der Waals surface area contributed by atoms with E-state index in [9.17, 15) is 9.59 Å². The minimum Gasteiger partial charge on any atom is -0.481 e. The number of benzene rings is 1. The highest BCUT2D eigenvalue weighted by Gasteiger charge is 2.18. The van der Waals surface area contributed by atoms with E-state index in [-0.39, 0.29) is 18.0 Å². The molecule has 0 unspecified atom stereocenters. The van der Waals surface area contributed by atoms with Crippen molar-refractivity contribution in [1.29, 1.82) is 0 Å². The van der Waals surface area contributed by atoms with Crippen molar-refractivity contribution in [2.75, 3.05) is 5.32 Å². The molecule has 0 aliphatic heterocycles. The summed E-state index contributed by atoms with van der Waals surface area (Å²) in [5.41, 5.74) is 0.549.